The van der Waals surface area contributed by atoms with Crippen LogP contribution in [0.25, 0.3) is 0 Å². The molecule has 0 heterocycles. The molecule has 114 valence electrons. The summed E-state index contributed by atoms with van der Waals surface area (Å²) in [6.07, 6.45) is 7.63. The Kier molecular flexibility index (Phi) is 8.56. The van der Waals surface area contributed by atoms with Gasteiger partial charge in [-0.1, -0.05) is 25.7 Å². The van der Waals surface area contributed by atoms with E-state index in [9.17, 15) is 8.42 Å². The summed E-state index contributed by atoms with van der Waals surface area (Å²) in [6.45, 7) is 1.76. The van der Waals surface area contributed by atoms with Gasteiger partial charge in [-0.25, -0.2) is 4.72 Å². The lowest BCUT2D eigenvalue weighted by molar-refractivity contribution is 0.204. The van der Waals surface area contributed by atoms with Gasteiger partial charge in [-0.05, 0) is 12.8 Å². The van der Waals surface area contributed by atoms with Gasteiger partial charge in [0.25, 0.3) is 10.2 Å². The number of nitrogens with one attached hydrogen (secondary N) is 3. The van der Waals surface area contributed by atoms with E-state index in [1.165, 1.54) is 38.5 Å². The van der Waals surface area contributed by atoms with Crippen molar-refractivity contribution in [3.8, 4) is 0 Å². The minimum Gasteiger partial charge on any atom is -0.383 e. The average Bonchev–Trinajstić information content (AvgIpc) is 2.63. The number of hydrogen-bond donors (Lipinski definition) is 3. The van der Waals surface area contributed by atoms with Crippen LogP contribution in [0.4, 0.5) is 0 Å². The van der Waals surface area contributed by atoms with Crippen LogP contribution in [0.15, 0.2) is 0 Å². The number of hydrogen-bond acceptors (Lipinski definition) is 4. The van der Waals surface area contributed by atoms with Gasteiger partial charge in [0, 0.05) is 32.8 Å². The second kappa shape index (κ2) is 9.66. The second-order valence-corrected chi connectivity index (χ2v) is 6.51. The minimum atomic E-state index is -3.38. The largest absolute Gasteiger partial charge is 0.383 e. The first-order valence-electron chi connectivity index (χ1n) is 7.10. The van der Waals surface area contributed by atoms with Gasteiger partial charge in [-0.2, -0.15) is 13.1 Å². The normalized spacial score (nSPS) is 18.4. The molecule has 1 rings (SSSR count). The monoisotopic (exact) mass is 293 g/mol. The van der Waals surface area contributed by atoms with E-state index in [4.69, 9.17) is 4.74 Å². The highest BCUT2D eigenvalue weighted by Crippen LogP contribution is 2.16. The Morgan fingerprint density at radius 2 is 1.63 bits per heavy atom. The molecule has 0 aliphatic heterocycles. The Labute approximate surface area is 116 Å². The maximum absolute atomic E-state index is 11.5. The summed E-state index contributed by atoms with van der Waals surface area (Å²) in [5.41, 5.74) is 0. The van der Waals surface area contributed by atoms with E-state index in [1.54, 1.807) is 7.11 Å². The summed E-state index contributed by atoms with van der Waals surface area (Å²) in [7, 11) is -1.84. The number of rotatable bonds is 9. The van der Waals surface area contributed by atoms with E-state index in [0.29, 0.717) is 32.3 Å². The fourth-order valence-corrected chi connectivity index (χ4v) is 3.10. The molecule has 0 aromatic rings. The zero-order chi connectivity index (χ0) is 14.0. The summed E-state index contributed by atoms with van der Waals surface area (Å²) in [5.74, 6) is 0. The van der Waals surface area contributed by atoms with Crippen molar-refractivity contribution in [3.63, 3.8) is 0 Å². The molecule has 0 saturated heterocycles. The zero-order valence-electron chi connectivity index (χ0n) is 11.8. The number of methoxy groups -OCH3 is 1. The third-order valence-corrected chi connectivity index (χ3v) is 4.47. The zero-order valence-corrected chi connectivity index (χ0v) is 12.6. The maximum Gasteiger partial charge on any atom is 0.277 e. The molecule has 0 unspecified atom stereocenters. The summed E-state index contributed by atoms with van der Waals surface area (Å²) in [5, 5.41) is 3.42. The predicted octanol–water partition coefficient (Wildman–Crippen LogP) is 0.369. The van der Waals surface area contributed by atoms with Crippen molar-refractivity contribution in [1.82, 2.24) is 14.8 Å². The van der Waals surface area contributed by atoms with Gasteiger partial charge >= 0.3 is 0 Å². The Hall–Kier alpha value is -0.210. The lowest BCUT2D eigenvalue weighted by Gasteiger charge is -2.16. The molecular formula is C12H27N3O3S. The SMILES string of the molecule is COCCNS(=O)(=O)NCCNC1CCCCCC1. The van der Waals surface area contributed by atoms with E-state index in [-0.39, 0.29) is 0 Å². The Bertz CT molecular complexity index is 314. The summed E-state index contributed by atoms with van der Waals surface area (Å²) in [4.78, 5) is 0. The van der Waals surface area contributed by atoms with E-state index in [0.717, 1.165) is 0 Å². The molecule has 6 nitrogen and oxygen atoms in total. The van der Waals surface area contributed by atoms with Crippen LogP contribution < -0.4 is 14.8 Å². The van der Waals surface area contributed by atoms with E-state index >= 15 is 0 Å². The van der Waals surface area contributed by atoms with Crippen molar-refractivity contribution in [3.05, 3.63) is 0 Å². The quantitative estimate of drug-likeness (QED) is 0.424. The maximum atomic E-state index is 11.5. The van der Waals surface area contributed by atoms with Crippen LogP contribution in [0.3, 0.4) is 0 Å². The smallest absolute Gasteiger partial charge is 0.277 e. The van der Waals surface area contributed by atoms with Crippen LogP contribution >= 0.6 is 0 Å². The van der Waals surface area contributed by atoms with Gasteiger partial charge in [-0.15, -0.1) is 0 Å². The van der Waals surface area contributed by atoms with Crippen LogP contribution in [0.2, 0.25) is 0 Å². The Morgan fingerprint density at radius 1 is 1.00 bits per heavy atom. The van der Waals surface area contributed by atoms with Crippen LogP contribution in [0.1, 0.15) is 38.5 Å². The fourth-order valence-electron chi connectivity index (χ4n) is 2.27. The van der Waals surface area contributed by atoms with Crippen LogP contribution in [-0.2, 0) is 14.9 Å². The molecule has 7 heteroatoms. The molecule has 0 aromatic carbocycles. The fraction of sp³-hybridized carbons (Fsp3) is 1.00. The highest BCUT2D eigenvalue weighted by Gasteiger charge is 2.12. The van der Waals surface area contributed by atoms with Crippen LogP contribution in [-0.4, -0.2) is 47.8 Å². The van der Waals surface area contributed by atoms with E-state index in [1.807, 2.05) is 0 Å². The summed E-state index contributed by atoms with van der Waals surface area (Å²) in [6, 6.07) is 0.549. The van der Waals surface area contributed by atoms with Gasteiger partial charge in [0.15, 0.2) is 0 Å². The molecule has 19 heavy (non-hydrogen) atoms. The molecule has 0 amide bonds. The summed E-state index contributed by atoms with van der Waals surface area (Å²) >= 11 is 0. The Balaban J connectivity index is 2.08. The highest BCUT2D eigenvalue weighted by atomic mass is 32.2. The van der Waals surface area contributed by atoms with Gasteiger partial charge in [0.1, 0.15) is 0 Å². The van der Waals surface area contributed by atoms with E-state index < -0.39 is 10.2 Å². The van der Waals surface area contributed by atoms with Crippen molar-refractivity contribution in [2.45, 2.75) is 44.6 Å². The Morgan fingerprint density at radius 3 is 2.26 bits per heavy atom. The van der Waals surface area contributed by atoms with Crippen molar-refractivity contribution in [1.29, 1.82) is 0 Å². The molecule has 1 fully saturated rings. The van der Waals surface area contributed by atoms with Crippen molar-refractivity contribution in [2.75, 3.05) is 33.4 Å². The molecule has 0 spiro atoms. The molecule has 3 N–H and O–H groups in total. The third kappa shape index (κ3) is 8.54. The molecule has 1 saturated carbocycles. The minimum absolute atomic E-state index is 0.294. The third-order valence-electron chi connectivity index (χ3n) is 3.30. The molecular weight excluding hydrogens is 266 g/mol. The number of ether oxygens (including phenoxy) is 1. The molecule has 0 radical (unpaired) electrons. The van der Waals surface area contributed by atoms with Gasteiger partial charge in [0.05, 0.1) is 6.61 Å². The topological polar surface area (TPSA) is 79.5 Å². The summed E-state index contributed by atoms with van der Waals surface area (Å²) < 4.78 is 32.7. The van der Waals surface area contributed by atoms with E-state index in [2.05, 4.69) is 14.8 Å². The van der Waals surface area contributed by atoms with Crippen molar-refractivity contribution < 1.29 is 13.2 Å². The first kappa shape index (κ1) is 16.8. The first-order chi connectivity index (χ1) is 9.14. The van der Waals surface area contributed by atoms with Gasteiger partial charge in [-0.3, -0.25) is 0 Å². The van der Waals surface area contributed by atoms with Crippen LogP contribution in [0.5, 0.6) is 0 Å². The first-order valence-corrected chi connectivity index (χ1v) is 8.59. The lowest BCUT2D eigenvalue weighted by atomic mass is 10.1. The standard InChI is InChI=1S/C12H27N3O3S/c1-18-11-10-15-19(16,17)14-9-8-13-12-6-4-2-3-5-7-12/h12-15H,2-11H2,1H3. The molecule has 0 bridgehead atoms. The van der Waals surface area contributed by atoms with Crippen LogP contribution in [0, 0.1) is 0 Å². The van der Waals surface area contributed by atoms with Crippen molar-refractivity contribution in [2.24, 2.45) is 0 Å². The molecule has 1 aliphatic carbocycles. The molecule has 0 atom stereocenters. The lowest BCUT2D eigenvalue weighted by Crippen LogP contribution is -2.42. The molecule has 1 aliphatic rings. The average molecular weight is 293 g/mol. The highest BCUT2D eigenvalue weighted by molar-refractivity contribution is 7.87. The second-order valence-electron chi connectivity index (χ2n) is 4.93. The van der Waals surface area contributed by atoms with Crippen molar-refractivity contribution >= 4 is 10.2 Å². The van der Waals surface area contributed by atoms with Gasteiger partial charge in [0.2, 0.25) is 0 Å². The molecule has 0 aromatic heterocycles. The van der Waals surface area contributed by atoms with Gasteiger partial charge < -0.3 is 10.1 Å². The predicted molar refractivity (Wildman–Crippen MR) is 76.3 cm³/mol.